The van der Waals surface area contributed by atoms with E-state index in [1.807, 2.05) is 21.1 Å². The molecule has 0 saturated carbocycles. The highest BCUT2D eigenvalue weighted by Gasteiger charge is 2.22. The van der Waals surface area contributed by atoms with Crippen molar-refractivity contribution in [2.45, 2.75) is 328 Å². The molecule has 0 aliphatic rings. The molecule has 9 nitrogen and oxygen atoms in total. The third-order valence-electron chi connectivity index (χ3n) is 15.4. The predicted octanol–water partition coefficient (Wildman–Crippen LogP) is 22.3. The zero-order valence-corrected chi connectivity index (χ0v) is 56.5. The second-order valence-corrected chi connectivity index (χ2v) is 26.3. The molecule has 84 heavy (non-hydrogen) atoms. The van der Waals surface area contributed by atoms with Gasteiger partial charge < -0.3 is 27.9 Å². The number of likely N-dealkylation sites (N-methyl/N-ethyl adjacent to an activating group) is 1. The Morgan fingerprint density at radius 1 is 0.381 bits per heavy atom. The Bertz CT molecular complexity index is 1690. The van der Waals surface area contributed by atoms with Gasteiger partial charge in [-0.25, -0.2) is 0 Å². The highest BCUT2D eigenvalue weighted by Crippen LogP contribution is 2.38. The van der Waals surface area contributed by atoms with Crippen molar-refractivity contribution in [3.05, 3.63) is 85.1 Å². The summed E-state index contributed by atoms with van der Waals surface area (Å²) in [6.07, 6.45) is 88.1. The summed E-state index contributed by atoms with van der Waals surface area (Å²) in [5, 5.41) is 0. The van der Waals surface area contributed by atoms with Gasteiger partial charge in [0, 0.05) is 12.8 Å². The van der Waals surface area contributed by atoms with Crippen molar-refractivity contribution in [3.63, 3.8) is 0 Å². The summed E-state index contributed by atoms with van der Waals surface area (Å²) in [6.45, 7) is 4.15. The zero-order valence-electron chi connectivity index (χ0n) is 55.6. The van der Waals surface area contributed by atoms with E-state index in [1.54, 1.807) is 0 Å². The lowest BCUT2D eigenvalue weighted by molar-refractivity contribution is -0.870. The molecule has 0 amide bonds. The summed E-state index contributed by atoms with van der Waals surface area (Å²) >= 11 is 0. The summed E-state index contributed by atoms with van der Waals surface area (Å²) < 4.78 is 34.3. The lowest BCUT2D eigenvalue weighted by Crippen LogP contribution is -2.37. The van der Waals surface area contributed by atoms with E-state index >= 15 is 0 Å². The second-order valence-electron chi connectivity index (χ2n) is 24.9. The number of unbranched alkanes of at least 4 members (excludes halogenated alkanes) is 37. The molecular formula is C74H134NO8P. The standard InChI is InChI=1S/C74H134NO8P/c1-6-8-10-12-14-16-18-20-22-24-26-28-30-31-32-33-34-35-36-37-38-39-40-41-42-43-45-47-49-51-53-55-57-59-61-63-65-67-74(77)83-72(71-82-84(78,79)81-69-68-75(3,4)5)70-80-73(76)66-64-62-60-58-56-54-52-50-48-46-44-29-27-25-23-21-19-17-15-13-11-9-7-2/h8,10,14,16,19-22,25-28,31-32,72H,6-7,9,11-13,15,17-18,23-24,29-30,33-71H2,1-5H3/b10-8-,16-14-,21-19-,22-20-,27-25-,28-26-,32-31-. The smallest absolute Gasteiger partial charge is 0.306 e. The first-order valence-electron chi connectivity index (χ1n) is 35.3. The Morgan fingerprint density at radius 3 is 1.01 bits per heavy atom. The number of phosphoric ester groups is 1. The lowest BCUT2D eigenvalue weighted by Gasteiger charge is -2.28. The normalized spacial score (nSPS) is 13.6. The minimum Gasteiger partial charge on any atom is -0.756 e. The van der Waals surface area contributed by atoms with E-state index in [1.165, 1.54) is 212 Å². The fourth-order valence-electron chi connectivity index (χ4n) is 10.0. The van der Waals surface area contributed by atoms with E-state index in [-0.39, 0.29) is 32.0 Å². The SMILES string of the molecule is CC/C=C\C/C=C\C/C=C\C/C=C\C/C=C\CCCCCCCCCCCCCCCCCCCCCCCC(=O)OC(COC(=O)CCCCCCCCCCCCC/C=C\C/C=C\CCCCCCC)COP(=O)([O-])OCC[N+](C)(C)C. The second kappa shape index (κ2) is 64.7. The number of carbonyl (C=O) groups excluding carboxylic acids is 2. The van der Waals surface area contributed by atoms with Gasteiger partial charge in [-0.05, 0) is 89.9 Å². The number of ether oxygens (including phenoxy) is 2. The molecule has 2 unspecified atom stereocenters. The van der Waals surface area contributed by atoms with Crippen LogP contribution in [0.3, 0.4) is 0 Å². The van der Waals surface area contributed by atoms with Crippen LogP contribution in [0.15, 0.2) is 85.1 Å². The number of quaternary nitrogens is 1. The molecule has 0 aromatic rings. The molecule has 0 rings (SSSR count). The summed E-state index contributed by atoms with van der Waals surface area (Å²) in [6, 6.07) is 0. The van der Waals surface area contributed by atoms with Crippen molar-refractivity contribution in [1.29, 1.82) is 0 Å². The lowest BCUT2D eigenvalue weighted by atomic mass is 10.0. The van der Waals surface area contributed by atoms with Gasteiger partial charge in [-0.15, -0.1) is 0 Å². The molecule has 0 aromatic carbocycles. The van der Waals surface area contributed by atoms with Gasteiger partial charge in [0.05, 0.1) is 27.7 Å². The number of allylic oxidation sites excluding steroid dienone is 14. The van der Waals surface area contributed by atoms with Crippen LogP contribution in [0, 0.1) is 0 Å². The van der Waals surface area contributed by atoms with E-state index in [9.17, 15) is 19.0 Å². The highest BCUT2D eigenvalue weighted by atomic mass is 31.2. The van der Waals surface area contributed by atoms with Crippen LogP contribution in [-0.4, -0.2) is 70.0 Å². The van der Waals surface area contributed by atoms with Crippen LogP contribution in [-0.2, 0) is 32.7 Å². The first kappa shape index (κ1) is 81.2. The first-order valence-corrected chi connectivity index (χ1v) is 36.8. The Kier molecular flexibility index (Phi) is 62.5. The number of esters is 2. The molecule has 0 fully saturated rings. The van der Waals surface area contributed by atoms with Crippen LogP contribution in [0.25, 0.3) is 0 Å². The molecule has 488 valence electrons. The molecule has 10 heteroatoms. The van der Waals surface area contributed by atoms with Gasteiger partial charge >= 0.3 is 11.9 Å². The van der Waals surface area contributed by atoms with E-state index < -0.39 is 26.5 Å². The van der Waals surface area contributed by atoms with Crippen molar-refractivity contribution in [3.8, 4) is 0 Å². The van der Waals surface area contributed by atoms with Crippen molar-refractivity contribution in [2.75, 3.05) is 47.5 Å². The van der Waals surface area contributed by atoms with Crippen LogP contribution in [0.2, 0.25) is 0 Å². The number of carbonyl (C=O) groups is 2. The Hall–Kier alpha value is -2.81. The van der Waals surface area contributed by atoms with Gasteiger partial charge in [-0.3, -0.25) is 14.2 Å². The number of rotatable bonds is 65. The fourth-order valence-corrected chi connectivity index (χ4v) is 10.7. The van der Waals surface area contributed by atoms with E-state index in [0.29, 0.717) is 17.4 Å². The maximum absolute atomic E-state index is 12.9. The summed E-state index contributed by atoms with van der Waals surface area (Å²) in [5.74, 6) is -0.823. The average Bonchev–Trinajstić information content (AvgIpc) is 3.61. The van der Waals surface area contributed by atoms with E-state index in [0.717, 1.165) is 77.0 Å². The van der Waals surface area contributed by atoms with Gasteiger partial charge in [-0.1, -0.05) is 304 Å². The molecule has 2 atom stereocenters. The fraction of sp³-hybridized carbons (Fsp3) is 0.784. The van der Waals surface area contributed by atoms with Crippen LogP contribution < -0.4 is 4.89 Å². The van der Waals surface area contributed by atoms with Crippen LogP contribution in [0.4, 0.5) is 0 Å². The number of hydrogen-bond acceptors (Lipinski definition) is 8. The van der Waals surface area contributed by atoms with E-state index in [4.69, 9.17) is 18.5 Å². The molecule has 0 bridgehead atoms. The quantitative estimate of drug-likeness (QED) is 0.0195. The maximum Gasteiger partial charge on any atom is 0.306 e. The van der Waals surface area contributed by atoms with Gasteiger partial charge in [0.2, 0.25) is 0 Å². The molecule has 0 radical (unpaired) electrons. The molecule has 0 spiro atoms. The largest absolute Gasteiger partial charge is 0.756 e. The first-order chi connectivity index (χ1) is 41.0. The van der Waals surface area contributed by atoms with Gasteiger partial charge in [0.1, 0.15) is 19.8 Å². The summed E-state index contributed by atoms with van der Waals surface area (Å²) in [7, 11) is 1.17. The molecule has 0 aromatic heterocycles. The topological polar surface area (TPSA) is 111 Å². The third-order valence-corrected chi connectivity index (χ3v) is 16.4. The zero-order chi connectivity index (χ0) is 61.2. The molecule has 0 N–H and O–H groups in total. The molecule has 0 saturated heterocycles. The van der Waals surface area contributed by atoms with Gasteiger partial charge in [0.15, 0.2) is 6.10 Å². The van der Waals surface area contributed by atoms with Crippen molar-refractivity contribution in [2.24, 2.45) is 0 Å². The minimum absolute atomic E-state index is 0.0315. The maximum atomic E-state index is 12.9. The van der Waals surface area contributed by atoms with Crippen LogP contribution in [0.5, 0.6) is 0 Å². The number of hydrogen-bond donors (Lipinski definition) is 0. The van der Waals surface area contributed by atoms with Crippen molar-refractivity contribution in [1.82, 2.24) is 0 Å². The summed E-state index contributed by atoms with van der Waals surface area (Å²) in [4.78, 5) is 38.1. The van der Waals surface area contributed by atoms with Crippen molar-refractivity contribution < 1.29 is 42.1 Å². The molecule has 0 aliphatic carbocycles. The molecular weight excluding hydrogens is 1060 g/mol. The van der Waals surface area contributed by atoms with Crippen LogP contribution >= 0.6 is 7.82 Å². The monoisotopic (exact) mass is 1200 g/mol. The number of phosphoric acid groups is 1. The third kappa shape index (κ3) is 68.3. The van der Waals surface area contributed by atoms with Gasteiger partial charge in [-0.2, -0.15) is 0 Å². The molecule has 0 heterocycles. The van der Waals surface area contributed by atoms with E-state index in [2.05, 4.69) is 98.9 Å². The van der Waals surface area contributed by atoms with Crippen LogP contribution in [0.1, 0.15) is 322 Å². The number of nitrogens with zero attached hydrogens (tertiary/aromatic N) is 1. The Balaban J connectivity index is 3.98. The Morgan fingerprint density at radius 2 is 0.679 bits per heavy atom. The van der Waals surface area contributed by atoms with Gasteiger partial charge in [0.25, 0.3) is 7.82 Å². The van der Waals surface area contributed by atoms with Crippen molar-refractivity contribution >= 4 is 19.8 Å². The Labute approximate surface area is 520 Å². The minimum atomic E-state index is -4.64. The average molecular weight is 1200 g/mol. The predicted molar refractivity (Wildman–Crippen MR) is 360 cm³/mol. The highest BCUT2D eigenvalue weighted by molar-refractivity contribution is 7.45. The summed E-state index contributed by atoms with van der Waals surface area (Å²) in [5.41, 5.74) is 0. The molecule has 0 aliphatic heterocycles.